The average Bonchev–Trinajstić information content (AvgIpc) is 2.68. The van der Waals surface area contributed by atoms with Crippen molar-refractivity contribution in [3.63, 3.8) is 0 Å². The Kier molecular flexibility index (Phi) is 5.46. The molecule has 0 heterocycles. The summed E-state index contributed by atoms with van der Waals surface area (Å²) in [5.41, 5.74) is 1.92. The van der Waals surface area contributed by atoms with E-state index in [1.165, 1.54) is 12.1 Å². The molecule has 0 radical (unpaired) electrons. The van der Waals surface area contributed by atoms with E-state index in [-0.39, 0.29) is 11.5 Å². The molecule has 3 aromatic carbocycles. The fraction of sp³-hybridized carbons (Fsp3) is 0.0870. The van der Waals surface area contributed by atoms with Gasteiger partial charge in [0.1, 0.15) is 11.6 Å². The van der Waals surface area contributed by atoms with E-state index in [1.807, 2.05) is 36.4 Å². The summed E-state index contributed by atoms with van der Waals surface area (Å²) in [5.74, 6) is 5.65. The summed E-state index contributed by atoms with van der Waals surface area (Å²) in [6.45, 7) is 1.65. The summed E-state index contributed by atoms with van der Waals surface area (Å²) in [5, 5.41) is 0. The van der Waals surface area contributed by atoms with Crippen LogP contribution in [0.25, 0.3) is 0 Å². The van der Waals surface area contributed by atoms with Gasteiger partial charge >= 0.3 is 0 Å². The van der Waals surface area contributed by atoms with Crippen LogP contribution in [0.3, 0.4) is 0 Å². The van der Waals surface area contributed by atoms with Crippen LogP contribution in [-0.2, 0) is 0 Å². The van der Waals surface area contributed by atoms with E-state index in [2.05, 4.69) is 11.8 Å². The molecule has 0 bridgehead atoms. The van der Waals surface area contributed by atoms with Crippen molar-refractivity contribution >= 4 is 5.78 Å². The van der Waals surface area contributed by atoms with Crippen LogP contribution in [0.5, 0.6) is 5.75 Å². The Morgan fingerprint density at radius 3 is 2.27 bits per heavy atom. The van der Waals surface area contributed by atoms with E-state index in [1.54, 1.807) is 37.3 Å². The first-order valence-corrected chi connectivity index (χ1v) is 8.26. The highest BCUT2D eigenvalue weighted by Crippen LogP contribution is 2.21. The Morgan fingerprint density at radius 1 is 0.923 bits per heavy atom. The Balaban J connectivity index is 1.84. The highest BCUT2D eigenvalue weighted by Gasteiger charge is 2.18. The van der Waals surface area contributed by atoms with E-state index in [4.69, 9.17) is 4.74 Å². The molecule has 0 aromatic heterocycles. The summed E-state index contributed by atoms with van der Waals surface area (Å²) < 4.78 is 19.4. The van der Waals surface area contributed by atoms with Crippen molar-refractivity contribution < 1.29 is 13.9 Å². The van der Waals surface area contributed by atoms with Crippen molar-refractivity contribution in [2.45, 2.75) is 13.0 Å². The lowest BCUT2D eigenvalue weighted by Crippen LogP contribution is -2.24. The lowest BCUT2D eigenvalue weighted by molar-refractivity contribution is 0.0817. The van der Waals surface area contributed by atoms with E-state index in [0.717, 1.165) is 5.56 Å². The van der Waals surface area contributed by atoms with Gasteiger partial charge in [0.25, 0.3) is 0 Å². The Labute approximate surface area is 152 Å². The number of ether oxygens (including phenoxy) is 1. The predicted octanol–water partition coefficient (Wildman–Crippen LogP) is 4.88. The van der Waals surface area contributed by atoms with Crippen LogP contribution in [0.1, 0.15) is 28.4 Å². The molecule has 0 fully saturated rings. The van der Waals surface area contributed by atoms with Gasteiger partial charge in [-0.25, -0.2) is 4.39 Å². The first kappa shape index (κ1) is 17.4. The molecule has 1 unspecified atom stereocenters. The molecule has 3 rings (SSSR count). The topological polar surface area (TPSA) is 26.3 Å². The quantitative estimate of drug-likeness (QED) is 0.498. The summed E-state index contributed by atoms with van der Waals surface area (Å²) in [4.78, 5) is 12.5. The van der Waals surface area contributed by atoms with Gasteiger partial charge in [0, 0.05) is 17.2 Å². The molecule has 128 valence electrons. The predicted molar refractivity (Wildman–Crippen MR) is 99.7 cm³/mol. The van der Waals surface area contributed by atoms with E-state index in [9.17, 15) is 9.18 Å². The molecule has 3 aromatic rings. The lowest BCUT2D eigenvalue weighted by Gasteiger charge is -2.15. The van der Waals surface area contributed by atoms with Crippen molar-refractivity contribution in [3.8, 4) is 17.6 Å². The van der Waals surface area contributed by atoms with Crippen LogP contribution in [-0.4, -0.2) is 11.9 Å². The van der Waals surface area contributed by atoms with Gasteiger partial charge in [-0.05, 0) is 31.2 Å². The Hall–Kier alpha value is -3.38. The normalized spacial score (nSPS) is 11.2. The van der Waals surface area contributed by atoms with Crippen molar-refractivity contribution in [1.29, 1.82) is 0 Å². The number of hydrogen-bond acceptors (Lipinski definition) is 2. The first-order chi connectivity index (χ1) is 12.6. The number of carbonyl (C=O) groups is 1. The van der Waals surface area contributed by atoms with Crippen molar-refractivity contribution in [2.75, 3.05) is 0 Å². The summed E-state index contributed by atoms with van der Waals surface area (Å²) in [7, 11) is 0. The Morgan fingerprint density at radius 2 is 1.58 bits per heavy atom. The van der Waals surface area contributed by atoms with Gasteiger partial charge in [0.2, 0.25) is 5.78 Å². The van der Waals surface area contributed by atoms with Crippen LogP contribution in [0.4, 0.5) is 4.39 Å². The maximum Gasteiger partial charge on any atom is 0.202 e. The molecular formula is C23H17FO2. The van der Waals surface area contributed by atoms with Gasteiger partial charge in [-0.1, -0.05) is 60.4 Å². The molecular weight excluding hydrogens is 327 g/mol. The fourth-order valence-electron chi connectivity index (χ4n) is 2.44. The molecule has 1 atom stereocenters. The van der Waals surface area contributed by atoms with E-state index in [0.29, 0.717) is 11.1 Å². The third kappa shape index (κ3) is 4.37. The van der Waals surface area contributed by atoms with Crippen LogP contribution in [0.15, 0.2) is 78.9 Å². The zero-order valence-corrected chi connectivity index (χ0v) is 14.3. The average molecular weight is 344 g/mol. The fourth-order valence-corrected chi connectivity index (χ4v) is 2.44. The first-order valence-electron chi connectivity index (χ1n) is 8.26. The standard InChI is InChI=1S/C23H17FO2/c1-17(23(25)20-10-6-3-7-11-20)26-22-16-21(24)15-14-19(22)13-12-18-8-4-2-5-9-18/h2-11,14-17H,1H3. The minimum atomic E-state index is -0.753. The summed E-state index contributed by atoms with van der Waals surface area (Å²) >= 11 is 0. The minimum Gasteiger partial charge on any atom is -0.481 e. The molecule has 0 spiro atoms. The van der Waals surface area contributed by atoms with Crippen molar-refractivity contribution in [1.82, 2.24) is 0 Å². The number of hydrogen-bond donors (Lipinski definition) is 0. The third-order valence-electron chi connectivity index (χ3n) is 3.79. The van der Waals surface area contributed by atoms with E-state index < -0.39 is 11.9 Å². The van der Waals surface area contributed by atoms with Gasteiger partial charge < -0.3 is 4.74 Å². The third-order valence-corrected chi connectivity index (χ3v) is 3.79. The monoisotopic (exact) mass is 344 g/mol. The maximum atomic E-state index is 13.7. The SMILES string of the molecule is CC(Oc1cc(F)ccc1C#Cc1ccccc1)C(=O)c1ccccc1. The number of halogens is 1. The highest BCUT2D eigenvalue weighted by molar-refractivity contribution is 5.99. The van der Waals surface area contributed by atoms with Gasteiger partial charge in [0.15, 0.2) is 6.10 Å². The molecule has 3 heteroatoms. The minimum absolute atomic E-state index is 0.170. The molecule has 0 aliphatic heterocycles. The molecule has 0 saturated carbocycles. The lowest BCUT2D eigenvalue weighted by atomic mass is 10.1. The number of Topliss-reactive ketones (excluding diaryl/α,β-unsaturated/α-hetero) is 1. The molecule has 0 amide bonds. The Bertz CT molecular complexity index is 954. The van der Waals surface area contributed by atoms with Crippen LogP contribution < -0.4 is 4.74 Å². The largest absolute Gasteiger partial charge is 0.481 e. The summed E-state index contributed by atoms with van der Waals surface area (Å²) in [6, 6.07) is 22.5. The summed E-state index contributed by atoms with van der Waals surface area (Å²) in [6.07, 6.45) is -0.753. The number of ketones is 1. The van der Waals surface area contributed by atoms with Crippen LogP contribution >= 0.6 is 0 Å². The maximum absolute atomic E-state index is 13.7. The van der Waals surface area contributed by atoms with Gasteiger partial charge in [0.05, 0.1) is 5.56 Å². The van der Waals surface area contributed by atoms with Gasteiger partial charge in [-0.15, -0.1) is 0 Å². The highest BCUT2D eigenvalue weighted by atomic mass is 19.1. The van der Waals surface area contributed by atoms with Gasteiger partial charge in [-0.3, -0.25) is 4.79 Å². The van der Waals surface area contributed by atoms with Gasteiger partial charge in [-0.2, -0.15) is 0 Å². The van der Waals surface area contributed by atoms with Crippen LogP contribution in [0, 0.1) is 17.7 Å². The number of rotatable bonds is 4. The van der Waals surface area contributed by atoms with E-state index >= 15 is 0 Å². The molecule has 0 aliphatic rings. The molecule has 26 heavy (non-hydrogen) atoms. The zero-order valence-electron chi connectivity index (χ0n) is 14.3. The number of carbonyl (C=O) groups excluding carboxylic acids is 1. The second-order valence-corrected chi connectivity index (χ2v) is 5.75. The second kappa shape index (κ2) is 8.13. The zero-order chi connectivity index (χ0) is 18.4. The van der Waals surface area contributed by atoms with Crippen LogP contribution in [0.2, 0.25) is 0 Å². The molecule has 0 N–H and O–H groups in total. The molecule has 0 aliphatic carbocycles. The second-order valence-electron chi connectivity index (χ2n) is 5.75. The van der Waals surface area contributed by atoms with Crippen molar-refractivity contribution in [3.05, 3.63) is 101 Å². The van der Waals surface area contributed by atoms with Crippen molar-refractivity contribution in [2.24, 2.45) is 0 Å². The molecule has 2 nitrogen and oxygen atoms in total. The number of benzene rings is 3. The smallest absolute Gasteiger partial charge is 0.202 e. The molecule has 0 saturated heterocycles.